The molecule has 0 radical (unpaired) electrons. The fraction of sp³-hybridized carbons (Fsp3) is 0.423. The number of carbonyl (C=O) groups is 1. The highest BCUT2D eigenvalue weighted by Gasteiger charge is 2.56. The van der Waals surface area contributed by atoms with Crippen molar-refractivity contribution in [3.05, 3.63) is 52.9 Å². The van der Waals surface area contributed by atoms with E-state index in [9.17, 15) is 19.3 Å². The van der Waals surface area contributed by atoms with E-state index in [2.05, 4.69) is 21.3 Å². The number of rotatable bonds is 10. The lowest BCUT2D eigenvalue weighted by Gasteiger charge is -2.26. The van der Waals surface area contributed by atoms with Crippen LogP contribution in [0.5, 0.6) is 5.75 Å². The van der Waals surface area contributed by atoms with Gasteiger partial charge in [0.15, 0.2) is 16.7 Å². The molecule has 0 spiro atoms. The molecule has 1 aliphatic rings. The van der Waals surface area contributed by atoms with Crippen molar-refractivity contribution in [1.82, 2.24) is 14.5 Å². The average Bonchev–Trinajstić information content (AvgIpc) is 3.42. The Balaban J connectivity index is 1.62. The molecule has 0 bridgehead atoms. The van der Waals surface area contributed by atoms with Crippen LogP contribution in [0.2, 0.25) is 0 Å². The number of fused-ring (bicyclic) bond motifs is 1. The Morgan fingerprint density at radius 3 is 2.68 bits per heavy atom. The normalized spacial score (nSPS) is 24.4. The quantitative estimate of drug-likeness (QED) is 0.131. The summed E-state index contributed by atoms with van der Waals surface area (Å²) < 4.78 is 38.2. The van der Waals surface area contributed by atoms with E-state index < -0.39 is 55.0 Å². The summed E-state index contributed by atoms with van der Waals surface area (Å²) in [7, 11) is -4.04. The fourth-order valence-corrected chi connectivity index (χ4v) is 6.73. The van der Waals surface area contributed by atoms with Crippen LogP contribution in [0.3, 0.4) is 0 Å². The molecule has 3 aromatic rings. The number of aliphatic hydroxyl groups is 1. The largest absolute Gasteiger partial charge is 0.463 e. The molecule has 0 aliphatic carbocycles. The zero-order valence-electron chi connectivity index (χ0n) is 22.3. The number of halogens is 2. The highest BCUT2D eigenvalue weighted by atomic mass is 35.5. The van der Waals surface area contributed by atoms with Gasteiger partial charge in [-0.2, -0.15) is 4.98 Å². The van der Waals surface area contributed by atoms with Crippen LogP contribution >= 0.6 is 30.8 Å². The smallest absolute Gasteiger partial charge is 0.380 e. The van der Waals surface area contributed by atoms with Gasteiger partial charge in [0.1, 0.15) is 18.0 Å². The van der Waals surface area contributed by atoms with Gasteiger partial charge in [0.2, 0.25) is 5.95 Å². The molecule has 1 aromatic carbocycles. The van der Waals surface area contributed by atoms with Crippen LogP contribution in [0.25, 0.3) is 11.0 Å². The van der Waals surface area contributed by atoms with E-state index in [1.807, 2.05) is 0 Å². The molecule has 41 heavy (non-hydrogen) atoms. The van der Waals surface area contributed by atoms with Crippen molar-refractivity contribution in [3.63, 3.8) is 0 Å². The van der Waals surface area contributed by atoms with Gasteiger partial charge in [0.25, 0.3) is 5.56 Å². The molecule has 1 saturated heterocycles. The predicted molar refractivity (Wildman–Crippen MR) is 153 cm³/mol. The molecule has 2 aromatic heterocycles. The summed E-state index contributed by atoms with van der Waals surface area (Å²) in [4.78, 5) is 29.5. The van der Waals surface area contributed by atoms with Gasteiger partial charge < -0.3 is 29.4 Å². The van der Waals surface area contributed by atoms with Gasteiger partial charge in [-0.05, 0) is 43.6 Å². The van der Waals surface area contributed by atoms with E-state index in [4.69, 9.17) is 47.5 Å². The van der Waals surface area contributed by atoms with Crippen LogP contribution in [0.1, 0.15) is 27.0 Å². The van der Waals surface area contributed by atoms with Crippen LogP contribution in [-0.2, 0) is 23.4 Å². The number of esters is 1. The molecule has 0 amide bonds. The van der Waals surface area contributed by atoms with E-state index >= 15 is 0 Å². The minimum Gasteiger partial charge on any atom is -0.463 e. The molecular formula is C26H29Cl2N4O8P. The molecule has 3 heterocycles. The van der Waals surface area contributed by atoms with Gasteiger partial charge >= 0.3 is 13.6 Å². The minimum absolute atomic E-state index is 0.127. The van der Waals surface area contributed by atoms with E-state index in [1.165, 1.54) is 16.8 Å². The van der Waals surface area contributed by atoms with Gasteiger partial charge in [-0.15, -0.1) is 0 Å². The lowest BCUT2D eigenvalue weighted by molar-refractivity contribution is -0.151. The Morgan fingerprint density at radius 1 is 1.32 bits per heavy atom. The Bertz CT molecular complexity index is 1570. The summed E-state index contributed by atoms with van der Waals surface area (Å²) in [5.74, 6) is 1.25. The molecule has 12 nitrogen and oxygen atoms in total. The molecular weight excluding hydrogens is 598 g/mol. The van der Waals surface area contributed by atoms with Crippen molar-refractivity contribution < 1.29 is 33.0 Å². The number of nitrogen functional groups attached to an aromatic ring is 1. The summed E-state index contributed by atoms with van der Waals surface area (Å²) in [6, 6.07) is 9.77. The predicted octanol–water partition coefficient (Wildman–Crippen LogP) is 3.62. The summed E-state index contributed by atoms with van der Waals surface area (Å²) in [6.45, 7) is 4.48. The number of alkyl halides is 1. The standard InChI is InChI=1S/C26H29Cl2N4O8P/c1-15(2)38-23(35)16(3)14-41(36,40-17-7-5-4-6-8-17)37-13-19-20(33)26(28,10-11-27)24(39-19)32-12-9-18-21(32)30-25(29)31-22(18)34/h4-9,12,15-16,19-20,24,33H,13-14H2,1-3H3,(H3,29,30,31,34)/t16-,19-,20+,24-,26?,41+/m1/s1. The highest BCUT2D eigenvalue weighted by Crippen LogP contribution is 2.52. The van der Waals surface area contributed by atoms with Gasteiger partial charge in [0.05, 0.1) is 30.2 Å². The maximum atomic E-state index is 14.0. The van der Waals surface area contributed by atoms with E-state index in [-0.39, 0.29) is 35.0 Å². The third kappa shape index (κ3) is 6.72. The summed E-state index contributed by atoms with van der Waals surface area (Å²) in [5.41, 5.74) is 5.37. The third-order valence-corrected chi connectivity index (χ3v) is 8.84. The zero-order chi connectivity index (χ0) is 29.9. The first kappa shape index (κ1) is 30.9. The Labute approximate surface area is 245 Å². The first-order chi connectivity index (χ1) is 19.4. The highest BCUT2D eigenvalue weighted by molar-refractivity contribution is 7.54. The second-order valence-electron chi connectivity index (χ2n) is 9.75. The van der Waals surface area contributed by atoms with Crippen LogP contribution in [0.15, 0.2) is 47.4 Å². The van der Waals surface area contributed by atoms with Crippen molar-refractivity contribution >= 4 is 53.7 Å². The SMILES string of the molecule is CC(C)OC(=O)[C@H](C)C[P@](=O)(OC[C@H]1O[C@@H](n2ccc3c(=O)[nH]c(N)nc32)C(Cl)(C#CCl)[C@H]1O)Oc1ccccc1. The first-order valence-corrected chi connectivity index (χ1v) is 15.1. The molecule has 4 N–H and O–H groups in total. The van der Waals surface area contributed by atoms with Crippen LogP contribution in [-0.4, -0.2) is 61.6 Å². The van der Waals surface area contributed by atoms with Gasteiger partial charge in [0, 0.05) is 11.6 Å². The maximum absolute atomic E-state index is 14.0. The van der Waals surface area contributed by atoms with Crippen molar-refractivity contribution in [3.8, 4) is 17.0 Å². The van der Waals surface area contributed by atoms with Crippen LogP contribution in [0.4, 0.5) is 5.95 Å². The number of nitrogens with two attached hydrogens (primary N) is 1. The lowest BCUT2D eigenvalue weighted by Crippen LogP contribution is -2.41. The van der Waals surface area contributed by atoms with Gasteiger partial charge in [-0.1, -0.05) is 42.6 Å². The molecule has 1 aliphatic heterocycles. The Hall–Kier alpha value is -3.04. The van der Waals surface area contributed by atoms with Gasteiger partial charge in [-0.3, -0.25) is 19.1 Å². The molecule has 1 fully saturated rings. The Morgan fingerprint density at radius 2 is 2.02 bits per heavy atom. The second-order valence-corrected chi connectivity index (χ2v) is 12.6. The topological polar surface area (TPSA) is 168 Å². The molecule has 4 rings (SSSR count). The van der Waals surface area contributed by atoms with E-state index in [0.717, 1.165) is 0 Å². The second kappa shape index (κ2) is 12.4. The van der Waals surface area contributed by atoms with E-state index in [0.29, 0.717) is 0 Å². The average molecular weight is 627 g/mol. The zero-order valence-corrected chi connectivity index (χ0v) is 24.7. The number of aliphatic hydroxyl groups excluding tert-OH is 1. The molecule has 15 heteroatoms. The summed E-state index contributed by atoms with van der Waals surface area (Å²) in [5, 5.41) is 13.6. The van der Waals surface area contributed by atoms with Crippen molar-refractivity contribution in [2.24, 2.45) is 5.92 Å². The van der Waals surface area contributed by atoms with Crippen LogP contribution < -0.4 is 15.8 Å². The van der Waals surface area contributed by atoms with Crippen LogP contribution in [0, 0.1) is 17.2 Å². The number of carbonyl (C=O) groups excluding carboxylic acids is 1. The van der Waals surface area contributed by atoms with Crippen molar-refractivity contribution in [2.45, 2.75) is 50.2 Å². The molecule has 6 atom stereocenters. The fourth-order valence-electron chi connectivity index (χ4n) is 4.32. The minimum atomic E-state index is -4.04. The van der Waals surface area contributed by atoms with E-state index in [1.54, 1.807) is 51.1 Å². The van der Waals surface area contributed by atoms with Gasteiger partial charge in [-0.25, -0.2) is 4.57 Å². The van der Waals surface area contributed by atoms with Crippen molar-refractivity contribution in [2.75, 3.05) is 18.5 Å². The summed E-state index contributed by atoms with van der Waals surface area (Å²) >= 11 is 12.5. The number of benzene rings is 1. The first-order valence-electron chi connectivity index (χ1n) is 12.6. The number of H-pyrrole nitrogens is 1. The van der Waals surface area contributed by atoms with Crippen molar-refractivity contribution in [1.29, 1.82) is 0 Å². The Kier molecular flexibility index (Phi) is 9.39. The molecule has 0 saturated carbocycles. The number of nitrogens with one attached hydrogen (secondary N) is 1. The number of aromatic nitrogens is 3. The third-order valence-electron chi connectivity index (χ3n) is 6.21. The monoisotopic (exact) mass is 626 g/mol. The maximum Gasteiger partial charge on any atom is 0.380 e. The number of hydrogen-bond acceptors (Lipinski definition) is 10. The number of para-hydroxylation sites is 1. The number of aromatic amines is 1. The number of anilines is 1. The lowest BCUT2D eigenvalue weighted by atomic mass is 9.99. The number of hydrogen-bond donors (Lipinski definition) is 3. The number of nitrogens with zero attached hydrogens (tertiary/aromatic N) is 2. The number of ether oxygens (including phenoxy) is 2. The molecule has 220 valence electrons. The molecule has 1 unspecified atom stereocenters. The summed E-state index contributed by atoms with van der Waals surface area (Å²) in [6.07, 6.45) is -3.15.